The second-order valence-corrected chi connectivity index (χ2v) is 7.57. The predicted molar refractivity (Wildman–Crippen MR) is 110 cm³/mol. The van der Waals surface area contributed by atoms with Gasteiger partial charge in [-0.1, -0.05) is 42.5 Å². The third-order valence-electron chi connectivity index (χ3n) is 5.54. The number of piperidine rings is 1. The number of nitrogens with zero attached hydrogens (tertiary/aromatic N) is 2. The summed E-state index contributed by atoms with van der Waals surface area (Å²) >= 11 is 0. The number of carbonyl (C=O) groups excluding carboxylic acids is 1. The van der Waals surface area contributed by atoms with E-state index >= 15 is 0 Å². The van der Waals surface area contributed by atoms with E-state index in [-0.39, 0.29) is 17.4 Å². The summed E-state index contributed by atoms with van der Waals surface area (Å²) in [4.78, 5) is 26.3. The number of aromatic carboxylic acids is 1. The van der Waals surface area contributed by atoms with Crippen molar-refractivity contribution in [2.45, 2.75) is 19.4 Å². The van der Waals surface area contributed by atoms with E-state index in [0.717, 1.165) is 24.9 Å². The number of carboxylic acid groups (broad SMARTS) is 1. The van der Waals surface area contributed by atoms with Crippen molar-refractivity contribution >= 4 is 11.8 Å². The Balaban J connectivity index is 1.47. The van der Waals surface area contributed by atoms with Crippen molar-refractivity contribution in [2.24, 2.45) is 5.92 Å². The van der Waals surface area contributed by atoms with Crippen LogP contribution in [-0.2, 0) is 6.54 Å². The zero-order chi connectivity index (χ0) is 21.1. The van der Waals surface area contributed by atoms with Gasteiger partial charge in [0.15, 0.2) is 5.78 Å². The van der Waals surface area contributed by atoms with Gasteiger partial charge in [0.1, 0.15) is 11.5 Å². The molecule has 3 aromatic rings. The summed E-state index contributed by atoms with van der Waals surface area (Å²) in [5, 5.41) is 15.5. The van der Waals surface area contributed by atoms with Gasteiger partial charge in [0.05, 0.1) is 6.20 Å². The van der Waals surface area contributed by atoms with Crippen molar-refractivity contribution in [1.29, 1.82) is 0 Å². The number of aromatic amines is 1. The molecule has 1 aromatic heterocycles. The van der Waals surface area contributed by atoms with Crippen LogP contribution in [0.4, 0.5) is 4.39 Å². The first-order valence-corrected chi connectivity index (χ1v) is 9.90. The average Bonchev–Trinajstić information content (AvgIpc) is 3.22. The number of benzene rings is 2. The number of H-pyrrole nitrogens is 1. The molecule has 30 heavy (non-hydrogen) atoms. The second kappa shape index (κ2) is 8.59. The van der Waals surface area contributed by atoms with Crippen molar-refractivity contribution in [3.63, 3.8) is 0 Å². The fourth-order valence-electron chi connectivity index (χ4n) is 4.03. The highest BCUT2D eigenvalue weighted by atomic mass is 19.1. The molecule has 0 amide bonds. The lowest BCUT2D eigenvalue weighted by Gasteiger charge is -2.31. The van der Waals surface area contributed by atoms with Crippen LogP contribution in [0, 0.1) is 11.7 Å². The molecule has 1 aliphatic heterocycles. The first-order chi connectivity index (χ1) is 14.5. The quantitative estimate of drug-likeness (QED) is 0.603. The normalized spacial score (nSPS) is 17.0. The minimum Gasteiger partial charge on any atom is -0.477 e. The zero-order valence-electron chi connectivity index (χ0n) is 16.3. The lowest BCUT2D eigenvalue weighted by Crippen LogP contribution is -2.38. The molecular formula is C23H22FN3O3. The Labute approximate surface area is 173 Å². The molecule has 0 spiro atoms. The number of carbonyl (C=O) groups is 2. The molecule has 1 fully saturated rings. The zero-order valence-corrected chi connectivity index (χ0v) is 16.3. The van der Waals surface area contributed by atoms with Crippen LogP contribution in [0.25, 0.3) is 11.1 Å². The number of halogens is 1. The molecule has 0 aliphatic carbocycles. The minimum absolute atomic E-state index is 0.0713. The van der Waals surface area contributed by atoms with E-state index in [1.165, 1.54) is 12.3 Å². The van der Waals surface area contributed by atoms with Crippen LogP contribution in [0.2, 0.25) is 0 Å². The van der Waals surface area contributed by atoms with Gasteiger partial charge >= 0.3 is 5.97 Å². The van der Waals surface area contributed by atoms with Crippen LogP contribution < -0.4 is 0 Å². The number of aromatic nitrogens is 2. The molecule has 2 N–H and O–H groups in total. The Hall–Kier alpha value is -3.32. The van der Waals surface area contributed by atoms with E-state index in [0.29, 0.717) is 29.8 Å². The molecule has 1 aliphatic rings. The third kappa shape index (κ3) is 4.16. The van der Waals surface area contributed by atoms with Gasteiger partial charge in [-0.2, -0.15) is 5.10 Å². The third-order valence-corrected chi connectivity index (χ3v) is 5.54. The van der Waals surface area contributed by atoms with Crippen LogP contribution in [0.15, 0.2) is 54.7 Å². The lowest BCUT2D eigenvalue weighted by molar-refractivity contribution is 0.0683. The molecule has 0 radical (unpaired) electrons. The molecule has 2 heterocycles. The standard InChI is InChI=1S/C23H22FN3O3/c24-20-11-16(8-9-19(20)15-5-2-1-3-6-15)22(28)17-7-4-10-27(13-17)14-18-12-25-26-21(18)23(29)30/h1-3,5-6,8-9,11-12,17H,4,7,10,13-14H2,(H,25,26)(H,29,30)/t17-/m0/s1. The van der Waals surface area contributed by atoms with Gasteiger partial charge in [0.25, 0.3) is 0 Å². The van der Waals surface area contributed by atoms with Crippen molar-refractivity contribution in [2.75, 3.05) is 13.1 Å². The summed E-state index contributed by atoms with van der Waals surface area (Å²) in [5.41, 5.74) is 2.27. The fraction of sp³-hybridized carbons (Fsp3) is 0.261. The number of carboxylic acids is 1. The molecule has 4 rings (SSSR count). The Morgan fingerprint density at radius 1 is 1.20 bits per heavy atom. The number of rotatable bonds is 6. The van der Waals surface area contributed by atoms with Crippen LogP contribution >= 0.6 is 0 Å². The molecule has 7 heteroatoms. The van der Waals surface area contributed by atoms with Gasteiger partial charge in [0.2, 0.25) is 0 Å². The number of hydrogen-bond donors (Lipinski definition) is 2. The van der Waals surface area contributed by atoms with Gasteiger partial charge in [-0.15, -0.1) is 0 Å². The number of hydrogen-bond acceptors (Lipinski definition) is 4. The molecule has 1 saturated heterocycles. The van der Waals surface area contributed by atoms with Gasteiger partial charge < -0.3 is 5.11 Å². The molecule has 0 saturated carbocycles. The van der Waals surface area contributed by atoms with Crippen LogP contribution in [0.1, 0.15) is 39.3 Å². The SMILES string of the molecule is O=C(O)c1[nH]ncc1CN1CCC[C@H](C(=O)c2ccc(-c3ccccc3)c(F)c2)C1. The summed E-state index contributed by atoms with van der Waals surface area (Å²) in [6.45, 7) is 1.68. The lowest BCUT2D eigenvalue weighted by atomic mass is 9.89. The Kier molecular flexibility index (Phi) is 5.72. The maximum Gasteiger partial charge on any atom is 0.354 e. The van der Waals surface area contributed by atoms with E-state index in [4.69, 9.17) is 0 Å². The van der Waals surface area contributed by atoms with Gasteiger partial charge in [-0.05, 0) is 31.0 Å². The maximum atomic E-state index is 14.7. The number of likely N-dealkylation sites (tertiary alicyclic amines) is 1. The predicted octanol–water partition coefficient (Wildman–Crippen LogP) is 4.01. The van der Waals surface area contributed by atoms with Gasteiger partial charge in [0, 0.05) is 35.7 Å². The highest BCUT2D eigenvalue weighted by Gasteiger charge is 2.28. The Morgan fingerprint density at radius 2 is 2.00 bits per heavy atom. The summed E-state index contributed by atoms with van der Waals surface area (Å²) in [6, 6.07) is 13.9. The topological polar surface area (TPSA) is 86.3 Å². The molecule has 0 unspecified atom stereocenters. The van der Waals surface area contributed by atoms with Gasteiger partial charge in [-0.25, -0.2) is 9.18 Å². The van der Waals surface area contributed by atoms with Crippen molar-refractivity contribution in [3.05, 3.63) is 77.4 Å². The highest BCUT2D eigenvalue weighted by Crippen LogP contribution is 2.27. The monoisotopic (exact) mass is 407 g/mol. The molecule has 1 atom stereocenters. The summed E-state index contributed by atoms with van der Waals surface area (Å²) in [5.74, 6) is -1.80. The number of Topliss-reactive ketones (excluding diaryl/α,β-unsaturated/α-hetero) is 1. The number of ketones is 1. The Bertz CT molecular complexity index is 1060. The van der Waals surface area contributed by atoms with Crippen LogP contribution in [-0.4, -0.2) is 45.0 Å². The summed E-state index contributed by atoms with van der Waals surface area (Å²) < 4.78 is 14.7. The van der Waals surface area contributed by atoms with Gasteiger partial charge in [-0.3, -0.25) is 14.8 Å². The molecular weight excluding hydrogens is 385 g/mol. The highest BCUT2D eigenvalue weighted by molar-refractivity contribution is 5.98. The summed E-state index contributed by atoms with van der Waals surface area (Å²) in [6.07, 6.45) is 3.06. The minimum atomic E-state index is -1.05. The van der Waals surface area contributed by atoms with Crippen molar-refractivity contribution in [1.82, 2.24) is 15.1 Å². The maximum absolute atomic E-state index is 14.7. The molecule has 6 nitrogen and oxygen atoms in total. The van der Waals surface area contributed by atoms with E-state index in [1.807, 2.05) is 30.3 Å². The van der Waals surface area contributed by atoms with Crippen LogP contribution in [0.5, 0.6) is 0 Å². The largest absolute Gasteiger partial charge is 0.477 e. The Morgan fingerprint density at radius 3 is 2.73 bits per heavy atom. The molecule has 0 bridgehead atoms. The first-order valence-electron chi connectivity index (χ1n) is 9.90. The summed E-state index contributed by atoms with van der Waals surface area (Å²) in [7, 11) is 0. The van der Waals surface area contributed by atoms with Crippen molar-refractivity contribution < 1.29 is 19.1 Å². The van der Waals surface area contributed by atoms with E-state index in [2.05, 4.69) is 15.1 Å². The molecule has 154 valence electrons. The average molecular weight is 407 g/mol. The van der Waals surface area contributed by atoms with Crippen molar-refractivity contribution in [3.8, 4) is 11.1 Å². The van der Waals surface area contributed by atoms with E-state index < -0.39 is 11.8 Å². The first kappa shape index (κ1) is 20.0. The van der Waals surface area contributed by atoms with E-state index in [9.17, 15) is 19.1 Å². The fourth-order valence-corrected chi connectivity index (χ4v) is 4.03. The molecule has 2 aromatic carbocycles. The number of nitrogens with one attached hydrogen (secondary N) is 1. The smallest absolute Gasteiger partial charge is 0.354 e. The van der Waals surface area contributed by atoms with Crippen LogP contribution in [0.3, 0.4) is 0 Å². The second-order valence-electron chi connectivity index (χ2n) is 7.57. The van der Waals surface area contributed by atoms with E-state index in [1.54, 1.807) is 12.1 Å².